The highest BCUT2D eigenvalue weighted by atomic mass is 19.1. The molecule has 0 spiro atoms. The molecule has 0 aliphatic heterocycles. The predicted molar refractivity (Wildman–Crippen MR) is 71.6 cm³/mol. The van der Waals surface area contributed by atoms with Gasteiger partial charge in [-0.1, -0.05) is 0 Å². The molecule has 0 bridgehead atoms. The van der Waals surface area contributed by atoms with Crippen LogP contribution >= 0.6 is 0 Å². The van der Waals surface area contributed by atoms with E-state index in [1.54, 1.807) is 0 Å². The minimum absolute atomic E-state index is 0.0742. The number of carbonyl (C=O) groups excluding carboxylic acids is 2. The van der Waals surface area contributed by atoms with Crippen molar-refractivity contribution in [3.05, 3.63) is 44.0 Å². The molecule has 0 radical (unpaired) electrons. The van der Waals surface area contributed by atoms with Crippen LogP contribution in [0, 0.1) is 20.2 Å². The standard InChI is InChI=1S/C12H11FN2O8/c1-2-22-12(17)10(6-13)23-11(16)7-3-8(14(18)19)5-9(4-7)15(20)21/h3-5,10H,2,6H2,1H3. The normalized spacial score (nSPS) is 11.4. The zero-order chi connectivity index (χ0) is 17.6. The molecule has 0 saturated heterocycles. The van der Waals surface area contributed by atoms with Gasteiger partial charge < -0.3 is 9.47 Å². The summed E-state index contributed by atoms with van der Waals surface area (Å²) in [4.78, 5) is 42.7. The molecule has 10 nitrogen and oxygen atoms in total. The van der Waals surface area contributed by atoms with Crippen molar-refractivity contribution >= 4 is 23.3 Å². The molecule has 0 aromatic heterocycles. The first-order valence-corrected chi connectivity index (χ1v) is 6.17. The fraction of sp³-hybridized carbons (Fsp3) is 0.333. The van der Waals surface area contributed by atoms with E-state index in [1.165, 1.54) is 6.92 Å². The van der Waals surface area contributed by atoms with Gasteiger partial charge in [0.25, 0.3) is 11.4 Å². The van der Waals surface area contributed by atoms with Gasteiger partial charge in [0.2, 0.25) is 6.10 Å². The lowest BCUT2D eigenvalue weighted by molar-refractivity contribution is -0.394. The number of halogens is 1. The third kappa shape index (κ3) is 4.69. The van der Waals surface area contributed by atoms with Gasteiger partial charge in [-0.2, -0.15) is 0 Å². The Morgan fingerprint density at radius 1 is 1.17 bits per heavy atom. The molecule has 1 atom stereocenters. The quantitative estimate of drug-likeness (QED) is 0.417. The average molecular weight is 330 g/mol. The molecule has 0 saturated carbocycles. The largest absolute Gasteiger partial charge is 0.463 e. The van der Waals surface area contributed by atoms with Crippen molar-refractivity contribution in [1.82, 2.24) is 0 Å². The molecule has 0 fully saturated rings. The first kappa shape index (κ1) is 17.9. The van der Waals surface area contributed by atoms with Gasteiger partial charge in [-0.3, -0.25) is 20.2 Å². The lowest BCUT2D eigenvalue weighted by atomic mass is 10.1. The molecule has 1 aromatic rings. The van der Waals surface area contributed by atoms with E-state index in [1.807, 2.05) is 0 Å². The third-order valence-electron chi connectivity index (χ3n) is 2.50. The number of nitro groups is 2. The summed E-state index contributed by atoms with van der Waals surface area (Å²) in [5.41, 5.74) is -2.01. The molecule has 0 aliphatic rings. The topological polar surface area (TPSA) is 139 Å². The summed E-state index contributed by atoms with van der Waals surface area (Å²) in [7, 11) is 0. The molecule has 124 valence electrons. The van der Waals surface area contributed by atoms with Crippen molar-refractivity contribution in [2.24, 2.45) is 0 Å². The van der Waals surface area contributed by atoms with Gasteiger partial charge in [0.15, 0.2) is 0 Å². The maximum atomic E-state index is 12.7. The Hall–Kier alpha value is -3.11. The molecule has 0 N–H and O–H groups in total. The van der Waals surface area contributed by atoms with Crippen LogP contribution in [0.25, 0.3) is 0 Å². The molecule has 0 heterocycles. The second-order valence-corrected chi connectivity index (χ2v) is 4.05. The molecule has 1 aromatic carbocycles. The number of rotatable bonds is 7. The summed E-state index contributed by atoms with van der Waals surface area (Å²) in [6, 6.07) is 2.08. The van der Waals surface area contributed by atoms with Crippen LogP contribution in [0.3, 0.4) is 0 Å². The smallest absolute Gasteiger partial charge is 0.350 e. The van der Waals surface area contributed by atoms with Gasteiger partial charge in [0, 0.05) is 12.1 Å². The van der Waals surface area contributed by atoms with Crippen molar-refractivity contribution in [3.63, 3.8) is 0 Å². The van der Waals surface area contributed by atoms with E-state index < -0.39 is 51.5 Å². The predicted octanol–water partition coefficient (Wildman–Crippen LogP) is 1.56. The minimum Gasteiger partial charge on any atom is -0.463 e. The fourth-order valence-corrected chi connectivity index (χ4v) is 1.50. The number of carbonyl (C=O) groups is 2. The molecule has 1 rings (SSSR count). The van der Waals surface area contributed by atoms with Gasteiger partial charge in [-0.25, -0.2) is 14.0 Å². The van der Waals surface area contributed by atoms with Crippen molar-refractivity contribution < 1.29 is 33.3 Å². The van der Waals surface area contributed by atoms with Crippen molar-refractivity contribution in [2.75, 3.05) is 13.3 Å². The van der Waals surface area contributed by atoms with Crippen molar-refractivity contribution in [2.45, 2.75) is 13.0 Å². The summed E-state index contributed by atoms with van der Waals surface area (Å²) in [5, 5.41) is 21.4. The summed E-state index contributed by atoms with van der Waals surface area (Å²) in [5.74, 6) is -2.46. The lowest BCUT2D eigenvalue weighted by Gasteiger charge is -2.13. The Kier molecular flexibility index (Phi) is 6.06. The molecule has 0 aliphatic carbocycles. The summed E-state index contributed by atoms with van der Waals surface area (Å²) in [6.45, 7) is 0.00961. The Balaban J connectivity index is 3.09. The SMILES string of the molecule is CCOC(=O)C(CF)OC(=O)c1cc([N+](=O)[O-])cc([N+](=O)[O-])c1. The molecule has 23 heavy (non-hydrogen) atoms. The molecular formula is C12H11FN2O8. The average Bonchev–Trinajstić information content (AvgIpc) is 2.51. The van der Waals surface area contributed by atoms with E-state index >= 15 is 0 Å². The van der Waals surface area contributed by atoms with Crippen LogP contribution in [0.4, 0.5) is 15.8 Å². The maximum absolute atomic E-state index is 12.7. The lowest BCUT2D eigenvalue weighted by Crippen LogP contribution is -2.31. The molecular weight excluding hydrogens is 319 g/mol. The number of non-ortho nitro benzene ring substituents is 2. The van der Waals surface area contributed by atoms with Crippen molar-refractivity contribution in [1.29, 1.82) is 0 Å². The summed E-state index contributed by atoms with van der Waals surface area (Å²) < 4.78 is 21.7. The van der Waals surface area contributed by atoms with Gasteiger partial charge in [-0.15, -0.1) is 0 Å². The summed E-state index contributed by atoms with van der Waals surface area (Å²) in [6.07, 6.45) is -1.86. The molecule has 0 amide bonds. The number of benzene rings is 1. The van der Waals surface area contributed by atoms with Gasteiger partial charge in [-0.05, 0) is 6.92 Å². The van der Waals surface area contributed by atoms with Gasteiger partial charge in [0.05, 0.1) is 28.1 Å². The highest BCUT2D eigenvalue weighted by Crippen LogP contribution is 2.23. The number of hydrogen-bond donors (Lipinski definition) is 0. The number of esters is 2. The molecule has 11 heteroatoms. The number of hydrogen-bond acceptors (Lipinski definition) is 8. The van der Waals surface area contributed by atoms with Crippen LogP contribution in [-0.4, -0.2) is 41.2 Å². The Bertz CT molecular complexity index is 616. The second-order valence-electron chi connectivity index (χ2n) is 4.05. The van der Waals surface area contributed by atoms with E-state index in [0.717, 1.165) is 12.1 Å². The van der Waals surface area contributed by atoms with E-state index in [-0.39, 0.29) is 6.61 Å². The van der Waals surface area contributed by atoms with Crippen LogP contribution in [-0.2, 0) is 14.3 Å². The van der Waals surface area contributed by atoms with E-state index in [9.17, 15) is 34.2 Å². The highest BCUT2D eigenvalue weighted by molar-refractivity contribution is 5.93. The summed E-state index contributed by atoms with van der Waals surface area (Å²) >= 11 is 0. The van der Waals surface area contributed by atoms with E-state index in [2.05, 4.69) is 9.47 Å². The number of ether oxygens (including phenoxy) is 2. The first-order chi connectivity index (χ1) is 10.8. The Morgan fingerprint density at radius 3 is 2.09 bits per heavy atom. The van der Waals surface area contributed by atoms with Crippen LogP contribution in [0.15, 0.2) is 18.2 Å². The maximum Gasteiger partial charge on any atom is 0.350 e. The number of alkyl halides is 1. The molecule has 1 unspecified atom stereocenters. The van der Waals surface area contributed by atoms with Crippen LogP contribution in [0.1, 0.15) is 17.3 Å². The van der Waals surface area contributed by atoms with Crippen molar-refractivity contribution in [3.8, 4) is 0 Å². The zero-order valence-corrected chi connectivity index (χ0v) is 11.8. The third-order valence-corrected chi connectivity index (χ3v) is 2.50. The Labute approximate surface area is 128 Å². The van der Waals surface area contributed by atoms with Crippen LogP contribution in [0.2, 0.25) is 0 Å². The van der Waals surface area contributed by atoms with Gasteiger partial charge >= 0.3 is 11.9 Å². The minimum atomic E-state index is -1.86. The highest BCUT2D eigenvalue weighted by Gasteiger charge is 2.27. The number of nitro benzene ring substituents is 2. The first-order valence-electron chi connectivity index (χ1n) is 6.17. The fourth-order valence-electron chi connectivity index (χ4n) is 1.50. The van der Waals surface area contributed by atoms with Crippen LogP contribution in [0.5, 0.6) is 0 Å². The van der Waals surface area contributed by atoms with E-state index in [4.69, 9.17) is 0 Å². The van der Waals surface area contributed by atoms with Gasteiger partial charge in [0.1, 0.15) is 6.67 Å². The number of nitrogens with zero attached hydrogens (tertiary/aromatic N) is 2. The monoisotopic (exact) mass is 330 g/mol. The second kappa shape index (κ2) is 7.77. The zero-order valence-electron chi connectivity index (χ0n) is 11.8. The van der Waals surface area contributed by atoms with E-state index in [0.29, 0.717) is 6.07 Å². The Morgan fingerprint density at radius 2 is 1.70 bits per heavy atom. The van der Waals surface area contributed by atoms with Crippen LogP contribution < -0.4 is 0 Å².